The van der Waals surface area contributed by atoms with E-state index in [2.05, 4.69) is 0 Å². The predicted molar refractivity (Wildman–Crippen MR) is 89.7 cm³/mol. The van der Waals surface area contributed by atoms with E-state index in [1.54, 1.807) is 21.1 Å². The fourth-order valence-corrected chi connectivity index (χ4v) is 2.34. The first-order valence-electron chi connectivity index (χ1n) is 7.36. The average Bonchev–Trinajstić information content (AvgIpc) is 2.60. The van der Waals surface area contributed by atoms with E-state index in [1.165, 1.54) is 6.08 Å². The van der Waals surface area contributed by atoms with Gasteiger partial charge < -0.3 is 14.2 Å². The van der Waals surface area contributed by atoms with Crippen molar-refractivity contribution in [2.45, 2.75) is 6.92 Å². The molecule has 0 bridgehead atoms. The van der Waals surface area contributed by atoms with Gasteiger partial charge in [-0.25, -0.2) is 4.79 Å². The van der Waals surface area contributed by atoms with Crippen LogP contribution in [-0.2, 0) is 9.53 Å². The van der Waals surface area contributed by atoms with Crippen molar-refractivity contribution in [2.24, 2.45) is 0 Å². The summed E-state index contributed by atoms with van der Waals surface area (Å²) in [7, 11) is 3.20. The molecule has 4 nitrogen and oxygen atoms in total. The number of esters is 1. The molecule has 0 saturated carbocycles. The SMILES string of the molecule is CCOC(=O)C=C(c1ccccc1OC)c1ccccc1OC. The lowest BCUT2D eigenvalue weighted by atomic mass is 9.96. The highest BCUT2D eigenvalue weighted by atomic mass is 16.5. The number of para-hydroxylation sites is 2. The Kier molecular flexibility index (Phi) is 5.80. The van der Waals surface area contributed by atoms with Gasteiger partial charge in [0.25, 0.3) is 0 Å². The number of hydrogen-bond donors (Lipinski definition) is 0. The van der Waals surface area contributed by atoms with Gasteiger partial charge in [0.2, 0.25) is 0 Å². The molecule has 2 aromatic carbocycles. The number of methoxy groups -OCH3 is 2. The maximum Gasteiger partial charge on any atom is 0.331 e. The largest absolute Gasteiger partial charge is 0.496 e. The van der Waals surface area contributed by atoms with Crippen LogP contribution in [0.2, 0.25) is 0 Å². The van der Waals surface area contributed by atoms with Crippen LogP contribution in [0.3, 0.4) is 0 Å². The Morgan fingerprint density at radius 1 is 0.913 bits per heavy atom. The second-order valence-electron chi connectivity index (χ2n) is 4.71. The van der Waals surface area contributed by atoms with Gasteiger partial charge >= 0.3 is 5.97 Å². The van der Waals surface area contributed by atoms with E-state index in [1.807, 2.05) is 48.5 Å². The maximum atomic E-state index is 12.0. The zero-order valence-electron chi connectivity index (χ0n) is 13.5. The highest BCUT2D eigenvalue weighted by Crippen LogP contribution is 2.35. The van der Waals surface area contributed by atoms with Crippen LogP contribution in [0.5, 0.6) is 11.5 Å². The van der Waals surface area contributed by atoms with Crippen molar-refractivity contribution in [1.82, 2.24) is 0 Å². The van der Waals surface area contributed by atoms with Crippen molar-refractivity contribution < 1.29 is 19.0 Å². The molecule has 0 fully saturated rings. The van der Waals surface area contributed by atoms with Crippen LogP contribution in [-0.4, -0.2) is 26.8 Å². The Morgan fingerprint density at radius 3 is 1.83 bits per heavy atom. The monoisotopic (exact) mass is 312 g/mol. The maximum absolute atomic E-state index is 12.0. The predicted octanol–water partition coefficient (Wildman–Crippen LogP) is 3.70. The number of ether oxygens (including phenoxy) is 3. The van der Waals surface area contributed by atoms with Crippen LogP contribution in [0.4, 0.5) is 0 Å². The molecule has 23 heavy (non-hydrogen) atoms. The van der Waals surface area contributed by atoms with Crippen molar-refractivity contribution in [2.75, 3.05) is 20.8 Å². The summed E-state index contributed by atoms with van der Waals surface area (Å²) >= 11 is 0. The van der Waals surface area contributed by atoms with Crippen molar-refractivity contribution in [3.8, 4) is 11.5 Å². The minimum atomic E-state index is -0.403. The molecular formula is C19H20O4. The number of benzene rings is 2. The molecule has 0 N–H and O–H groups in total. The first kappa shape index (κ1) is 16.6. The fourth-order valence-electron chi connectivity index (χ4n) is 2.34. The Labute approximate surface area is 136 Å². The topological polar surface area (TPSA) is 44.8 Å². The van der Waals surface area contributed by atoms with Crippen molar-refractivity contribution in [3.05, 3.63) is 65.7 Å². The molecule has 0 atom stereocenters. The van der Waals surface area contributed by atoms with Gasteiger partial charge in [0.05, 0.1) is 20.8 Å². The Balaban J connectivity index is 2.63. The summed E-state index contributed by atoms with van der Waals surface area (Å²) in [5, 5.41) is 0. The molecule has 2 aromatic rings. The molecule has 0 radical (unpaired) electrons. The Hall–Kier alpha value is -2.75. The quantitative estimate of drug-likeness (QED) is 0.602. The van der Waals surface area contributed by atoms with Gasteiger partial charge in [-0.3, -0.25) is 0 Å². The summed E-state index contributed by atoms with van der Waals surface area (Å²) in [6, 6.07) is 15.1. The van der Waals surface area contributed by atoms with Crippen LogP contribution >= 0.6 is 0 Å². The van der Waals surface area contributed by atoms with E-state index in [-0.39, 0.29) is 0 Å². The van der Waals surface area contributed by atoms with E-state index in [9.17, 15) is 4.79 Å². The summed E-state index contributed by atoms with van der Waals surface area (Å²) in [6.45, 7) is 2.10. The van der Waals surface area contributed by atoms with E-state index in [0.29, 0.717) is 23.7 Å². The van der Waals surface area contributed by atoms with Crippen molar-refractivity contribution in [1.29, 1.82) is 0 Å². The van der Waals surface area contributed by atoms with Gasteiger partial charge in [-0.1, -0.05) is 36.4 Å². The lowest BCUT2D eigenvalue weighted by Crippen LogP contribution is -2.03. The minimum Gasteiger partial charge on any atom is -0.496 e. The normalized spacial score (nSPS) is 9.87. The first-order chi connectivity index (χ1) is 11.2. The van der Waals surface area contributed by atoms with Gasteiger partial charge in [-0.2, -0.15) is 0 Å². The standard InChI is InChI=1S/C19H20O4/c1-4-23-19(20)13-16(14-9-5-7-11-17(14)21-2)15-10-6-8-12-18(15)22-3/h5-13H,4H2,1-3H3. The van der Waals surface area contributed by atoms with Crippen LogP contribution in [0.15, 0.2) is 54.6 Å². The summed E-state index contributed by atoms with van der Waals surface area (Å²) in [5.74, 6) is 0.947. The van der Waals surface area contributed by atoms with E-state index in [4.69, 9.17) is 14.2 Å². The molecule has 0 aliphatic carbocycles. The fraction of sp³-hybridized carbons (Fsp3) is 0.211. The molecule has 0 heterocycles. The lowest BCUT2D eigenvalue weighted by molar-refractivity contribution is -0.137. The van der Waals surface area contributed by atoms with Crippen molar-refractivity contribution in [3.63, 3.8) is 0 Å². The van der Waals surface area contributed by atoms with Crippen LogP contribution in [0.1, 0.15) is 18.1 Å². The molecule has 0 aromatic heterocycles. The van der Waals surface area contributed by atoms with Crippen LogP contribution < -0.4 is 9.47 Å². The first-order valence-corrected chi connectivity index (χ1v) is 7.36. The third-order valence-electron chi connectivity index (χ3n) is 3.34. The van der Waals surface area contributed by atoms with Gasteiger partial charge in [-0.05, 0) is 19.1 Å². The summed E-state index contributed by atoms with van der Waals surface area (Å²) < 4.78 is 15.9. The van der Waals surface area contributed by atoms with Crippen molar-refractivity contribution >= 4 is 11.5 Å². The van der Waals surface area contributed by atoms with Gasteiger partial charge in [0, 0.05) is 22.8 Å². The van der Waals surface area contributed by atoms with E-state index in [0.717, 1.165) is 11.1 Å². The number of carbonyl (C=O) groups is 1. The zero-order valence-corrected chi connectivity index (χ0v) is 13.5. The Morgan fingerprint density at radius 2 is 1.39 bits per heavy atom. The third kappa shape index (κ3) is 3.92. The second kappa shape index (κ2) is 8.03. The number of carbonyl (C=O) groups excluding carboxylic acids is 1. The number of hydrogen-bond acceptors (Lipinski definition) is 4. The molecule has 120 valence electrons. The third-order valence-corrected chi connectivity index (χ3v) is 3.34. The lowest BCUT2D eigenvalue weighted by Gasteiger charge is -2.15. The van der Waals surface area contributed by atoms with E-state index < -0.39 is 5.97 Å². The molecule has 0 aliphatic rings. The number of rotatable bonds is 6. The molecule has 0 amide bonds. The van der Waals surface area contributed by atoms with Gasteiger partial charge in [0.1, 0.15) is 11.5 Å². The molecule has 4 heteroatoms. The van der Waals surface area contributed by atoms with Crippen LogP contribution in [0, 0.1) is 0 Å². The van der Waals surface area contributed by atoms with E-state index >= 15 is 0 Å². The van der Waals surface area contributed by atoms with Gasteiger partial charge in [0.15, 0.2) is 0 Å². The zero-order chi connectivity index (χ0) is 16.7. The molecule has 0 unspecified atom stereocenters. The molecule has 0 aliphatic heterocycles. The smallest absolute Gasteiger partial charge is 0.331 e. The highest BCUT2D eigenvalue weighted by Gasteiger charge is 2.16. The summed E-state index contributed by atoms with van der Waals surface area (Å²) in [5.41, 5.74) is 2.29. The van der Waals surface area contributed by atoms with Gasteiger partial charge in [-0.15, -0.1) is 0 Å². The summed E-state index contributed by atoms with van der Waals surface area (Å²) in [6.07, 6.45) is 1.47. The average molecular weight is 312 g/mol. The highest BCUT2D eigenvalue weighted by molar-refractivity contribution is 5.98. The molecule has 2 rings (SSSR count). The Bertz CT molecular complexity index is 655. The second-order valence-corrected chi connectivity index (χ2v) is 4.71. The molecule has 0 spiro atoms. The molecular weight excluding hydrogens is 292 g/mol. The van der Waals surface area contributed by atoms with Crippen LogP contribution in [0.25, 0.3) is 5.57 Å². The minimum absolute atomic E-state index is 0.320. The summed E-state index contributed by atoms with van der Waals surface area (Å²) in [4.78, 5) is 12.0. The molecule has 0 saturated heterocycles.